The maximum absolute atomic E-state index is 13.3. The number of aliphatic hydroxyl groups excluding tert-OH is 1. The van der Waals surface area contributed by atoms with Gasteiger partial charge in [-0.2, -0.15) is 0 Å². The van der Waals surface area contributed by atoms with E-state index in [1.54, 1.807) is 25.1 Å². The highest BCUT2D eigenvalue weighted by molar-refractivity contribution is 6.42. The quantitative estimate of drug-likeness (QED) is 0.881. The molecule has 2 aromatic carbocycles. The summed E-state index contributed by atoms with van der Waals surface area (Å²) in [6, 6.07) is 9.22. The molecule has 0 aromatic heterocycles. The molecule has 2 aromatic rings. The second kappa shape index (κ2) is 6.44. The number of halogens is 3. The van der Waals surface area contributed by atoms with Crippen molar-refractivity contribution in [2.24, 2.45) is 0 Å². The molecular formula is C15H13Cl2FO2. The SMILES string of the molecule is C[C@@H](O)c1ccc(F)cc1OCc1cccc(Cl)c1Cl. The lowest BCUT2D eigenvalue weighted by Crippen LogP contribution is -2.02. The third-order valence-corrected chi connectivity index (χ3v) is 3.70. The lowest BCUT2D eigenvalue weighted by molar-refractivity contribution is 0.190. The van der Waals surface area contributed by atoms with E-state index in [2.05, 4.69) is 0 Å². The molecule has 0 saturated heterocycles. The number of hydrogen-bond donors (Lipinski definition) is 1. The number of ether oxygens (including phenoxy) is 1. The largest absolute Gasteiger partial charge is 0.488 e. The highest BCUT2D eigenvalue weighted by Gasteiger charge is 2.12. The van der Waals surface area contributed by atoms with Crippen molar-refractivity contribution >= 4 is 23.2 Å². The van der Waals surface area contributed by atoms with Gasteiger partial charge in [-0.15, -0.1) is 0 Å². The summed E-state index contributed by atoms with van der Waals surface area (Å²) in [6.45, 7) is 1.73. The van der Waals surface area contributed by atoms with Gasteiger partial charge in [0, 0.05) is 17.2 Å². The molecule has 20 heavy (non-hydrogen) atoms. The van der Waals surface area contributed by atoms with E-state index < -0.39 is 11.9 Å². The first-order valence-electron chi connectivity index (χ1n) is 6.02. The van der Waals surface area contributed by atoms with E-state index >= 15 is 0 Å². The zero-order valence-corrected chi connectivity index (χ0v) is 12.2. The number of rotatable bonds is 4. The van der Waals surface area contributed by atoms with E-state index in [9.17, 15) is 9.50 Å². The lowest BCUT2D eigenvalue weighted by atomic mass is 10.1. The molecule has 0 aliphatic carbocycles. The molecule has 2 rings (SSSR count). The summed E-state index contributed by atoms with van der Waals surface area (Å²) in [5.74, 6) is -0.141. The summed E-state index contributed by atoms with van der Waals surface area (Å²) in [6.07, 6.45) is -0.750. The minimum Gasteiger partial charge on any atom is -0.488 e. The summed E-state index contributed by atoms with van der Waals surface area (Å²) in [4.78, 5) is 0. The van der Waals surface area contributed by atoms with Crippen LogP contribution in [0.15, 0.2) is 36.4 Å². The van der Waals surface area contributed by atoms with Gasteiger partial charge in [0.2, 0.25) is 0 Å². The maximum Gasteiger partial charge on any atom is 0.128 e. The Balaban J connectivity index is 2.22. The summed E-state index contributed by atoms with van der Waals surface area (Å²) in [5.41, 5.74) is 1.21. The summed E-state index contributed by atoms with van der Waals surface area (Å²) in [5, 5.41) is 10.5. The molecule has 0 amide bonds. The van der Waals surface area contributed by atoms with Crippen LogP contribution in [0.5, 0.6) is 5.75 Å². The van der Waals surface area contributed by atoms with Crippen LogP contribution in [0.2, 0.25) is 10.0 Å². The van der Waals surface area contributed by atoms with Crippen molar-refractivity contribution in [2.75, 3.05) is 0 Å². The fourth-order valence-electron chi connectivity index (χ4n) is 1.79. The molecule has 0 radical (unpaired) electrons. The minimum atomic E-state index is -0.750. The van der Waals surface area contributed by atoms with Crippen molar-refractivity contribution in [1.29, 1.82) is 0 Å². The van der Waals surface area contributed by atoms with E-state index in [4.69, 9.17) is 27.9 Å². The van der Waals surface area contributed by atoms with E-state index in [-0.39, 0.29) is 12.4 Å². The normalized spacial score (nSPS) is 12.2. The Bertz CT molecular complexity index is 615. The monoisotopic (exact) mass is 314 g/mol. The van der Waals surface area contributed by atoms with Crippen LogP contribution < -0.4 is 4.74 Å². The smallest absolute Gasteiger partial charge is 0.128 e. The van der Waals surface area contributed by atoms with Gasteiger partial charge >= 0.3 is 0 Å². The molecule has 0 aliphatic heterocycles. The predicted molar refractivity (Wildman–Crippen MR) is 77.8 cm³/mol. The molecule has 5 heteroatoms. The standard InChI is InChI=1S/C15H13Cl2FO2/c1-9(19)12-6-5-11(18)7-14(12)20-8-10-3-2-4-13(16)15(10)17/h2-7,9,19H,8H2,1H3/t9-/m1/s1. The Kier molecular flexibility index (Phi) is 4.86. The first-order chi connectivity index (χ1) is 9.49. The van der Waals surface area contributed by atoms with Gasteiger partial charge in [0.1, 0.15) is 18.2 Å². The van der Waals surface area contributed by atoms with Gasteiger partial charge in [-0.1, -0.05) is 35.3 Å². The fourth-order valence-corrected chi connectivity index (χ4v) is 2.17. The topological polar surface area (TPSA) is 29.5 Å². The molecule has 0 unspecified atom stereocenters. The summed E-state index contributed by atoms with van der Waals surface area (Å²) >= 11 is 12.0. The van der Waals surface area contributed by atoms with Gasteiger partial charge in [0.25, 0.3) is 0 Å². The Labute approximate surface area is 126 Å². The van der Waals surface area contributed by atoms with Crippen molar-refractivity contribution in [3.8, 4) is 5.75 Å². The molecule has 0 heterocycles. The number of aliphatic hydroxyl groups is 1. The maximum atomic E-state index is 13.3. The lowest BCUT2D eigenvalue weighted by Gasteiger charge is -2.14. The van der Waals surface area contributed by atoms with E-state index in [1.165, 1.54) is 18.2 Å². The van der Waals surface area contributed by atoms with Crippen molar-refractivity contribution in [1.82, 2.24) is 0 Å². The van der Waals surface area contributed by atoms with Gasteiger partial charge in [0.15, 0.2) is 0 Å². The van der Waals surface area contributed by atoms with Crippen LogP contribution in [-0.4, -0.2) is 5.11 Å². The molecular weight excluding hydrogens is 302 g/mol. The van der Waals surface area contributed by atoms with Crippen molar-refractivity contribution in [3.05, 3.63) is 63.4 Å². The Morgan fingerprint density at radius 3 is 2.70 bits per heavy atom. The number of hydrogen-bond acceptors (Lipinski definition) is 2. The molecule has 1 atom stereocenters. The van der Waals surface area contributed by atoms with E-state index in [0.29, 0.717) is 21.2 Å². The van der Waals surface area contributed by atoms with Crippen LogP contribution in [0.4, 0.5) is 4.39 Å². The minimum absolute atomic E-state index is 0.141. The van der Waals surface area contributed by atoms with Gasteiger partial charge < -0.3 is 9.84 Å². The van der Waals surface area contributed by atoms with Gasteiger partial charge in [-0.05, 0) is 25.1 Å². The second-order valence-electron chi connectivity index (χ2n) is 4.36. The van der Waals surface area contributed by atoms with Gasteiger partial charge in [-0.3, -0.25) is 0 Å². The van der Waals surface area contributed by atoms with Crippen LogP contribution >= 0.6 is 23.2 Å². The van der Waals surface area contributed by atoms with Crippen molar-refractivity contribution in [2.45, 2.75) is 19.6 Å². The molecule has 0 aliphatic rings. The molecule has 0 fully saturated rings. The average Bonchev–Trinajstić information content (AvgIpc) is 2.40. The van der Waals surface area contributed by atoms with E-state index in [0.717, 1.165) is 0 Å². The third kappa shape index (κ3) is 3.42. The van der Waals surface area contributed by atoms with Crippen LogP contribution in [0, 0.1) is 5.82 Å². The summed E-state index contributed by atoms with van der Waals surface area (Å²) in [7, 11) is 0. The average molecular weight is 315 g/mol. The Hall–Kier alpha value is -1.29. The van der Waals surface area contributed by atoms with Crippen molar-refractivity contribution in [3.63, 3.8) is 0 Å². The van der Waals surface area contributed by atoms with Crippen LogP contribution in [0.1, 0.15) is 24.2 Å². The first-order valence-corrected chi connectivity index (χ1v) is 6.78. The van der Waals surface area contributed by atoms with Crippen LogP contribution in [0.25, 0.3) is 0 Å². The zero-order chi connectivity index (χ0) is 14.7. The Morgan fingerprint density at radius 1 is 1.25 bits per heavy atom. The predicted octanol–water partition coefficient (Wildman–Crippen LogP) is 4.76. The third-order valence-electron chi connectivity index (χ3n) is 2.84. The van der Waals surface area contributed by atoms with Gasteiger partial charge in [-0.25, -0.2) is 4.39 Å². The molecule has 1 N–H and O–H groups in total. The van der Waals surface area contributed by atoms with Crippen LogP contribution in [0.3, 0.4) is 0 Å². The highest BCUT2D eigenvalue weighted by atomic mass is 35.5. The molecule has 0 spiro atoms. The second-order valence-corrected chi connectivity index (χ2v) is 5.14. The molecule has 0 saturated carbocycles. The molecule has 0 bridgehead atoms. The first kappa shape index (κ1) is 15.1. The molecule has 106 valence electrons. The number of benzene rings is 2. The van der Waals surface area contributed by atoms with Crippen LogP contribution in [-0.2, 0) is 6.61 Å². The van der Waals surface area contributed by atoms with E-state index in [1.807, 2.05) is 0 Å². The summed E-state index contributed by atoms with van der Waals surface area (Å²) < 4.78 is 18.8. The zero-order valence-electron chi connectivity index (χ0n) is 10.7. The highest BCUT2D eigenvalue weighted by Crippen LogP contribution is 2.29. The molecule has 2 nitrogen and oxygen atoms in total. The van der Waals surface area contributed by atoms with Gasteiger partial charge in [0.05, 0.1) is 16.1 Å². The fraction of sp³-hybridized carbons (Fsp3) is 0.200. The Morgan fingerprint density at radius 2 is 2.00 bits per heavy atom. The van der Waals surface area contributed by atoms with Crippen molar-refractivity contribution < 1.29 is 14.2 Å².